The number of nitrogens with one attached hydrogen (secondary N) is 1. The summed E-state index contributed by atoms with van der Waals surface area (Å²) >= 11 is 0. The van der Waals surface area contributed by atoms with Crippen molar-refractivity contribution in [2.45, 2.75) is 26.8 Å². The van der Waals surface area contributed by atoms with Crippen LogP contribution in [0.4, 0.5) is 5.82 Å². The largest absolute Gasteiger partial charge is 0.383 e. The first-order valence-electron chi connectivity index (χ1n) is 4.70. The number of anilines is 1. The molecule has 0 aromatic carbocycles. The molecule has 4 nitrogen and oxygen atoms in total. The number of nitrogens with zero attached hydrogens (tertiary/aromatic N) is 2. The van der Waals surface area contributed by atoms with Crippen LogP contribution in [0, 0.1) is 13.8 Å². The summed E-state index contributed by atoms with van der Waals surface area (Å²) in [4.78, 5) is 0. The third-order valence-corrected chi connectivity index (χ3v) is 2.04. The smallest absolute Gasteiger partial charge is 0.149 e. The van der Waals surface area contributed by atoms with Gasteiger partial charge < -0.3 is 10.1 Å². The van der Waals surface area contributed by atoms with Crippen LogP contribution in [-0.2, 0) is 4.74 Å². The summed E-state index contributed by atoms with van der Waals surface area (Å²) in [5.74, 6) is 0.803. The van der Waals surface area contributed by atoms with E-state index in [9.17, 15) is 0 Å². The molecule has 0 saturated carbocycles. The maximum absolute atomic E-state index is 5.02. The second-order valence-corrected chi connectivity index (χ2v) is 3.50. The van der Waals surface area contributed by atoms with Gasteiger partial charge in [-0.15, -0.1) is 5.10 Å². The molecule has 1 heterocycles. The van der Waals surface area contributed by atoms with Gasteiger partial charge in [-0.05, 0) is 32.4 Å². The Kier molecular flexibility index (Phi) is 3.83. The van der Waals surface area contributed by atoms with Crippen molar-refractivity contribution in [1.82, 2.24) is 10.2 Å². The van der Waals surface area contributed by atoms with Crippen LogP contribution in [0.2, 0.25) is 0 Å². The summed E-state index contributed by atoms with van der Waals surface area (Å²) in [5, 5.41) is 11.3. The van der Waals surface area contributed by atoms with E-state index in [-0.39, 0.29) is 6.04 Å². The lowest BCUT2D eigenvalue weighted by Crippen LogP contribution is -2.21. The van der Waals surface area contributed by atoms with Crippen LogP contribution in [0.15, 0.2) is 6.07 Å². The second-order valence-electron chi connectivity index (χ2n) is 3.50. The Balaban J connectivity index is 2.63. The first kappa shape index (κ1) is 10.9. The first-order valence-corrected chi connectivity index (χ1v) is 4.70. The van der Waals surface area contributed by atoms with Gasteiger partial charge in [0.1, 0.15) is 5.82 Å². The number of aromatic nitrogens is 2. The van der Waals surface area contributed by atoms with Crippen molar-refractivity contribution in [3.63, 3.8) is 0 Å². The van der Waals surface area contributed by atoms with Crippen molar-refractivity contribution >= 4 is 5.82 Å². The van der Waals surface area contributed by atoms with E-state index in [1.807, 2.05) is 26.8 Å². The molecule has 0 unspecified atom stereocenters. The van der Waals surface area contributed by atoms with Crippen LogP contribution in [0.1, 0.15) is 18.2 Å². The highest BCUT2D eigenvalue weighted by Gasteiger charge is 2.03. The second kappa shape index (κ2) is 4.91. The van der Waals surface area contributed by atoms with Crippen molar-refractivity contribution in [3.05, 3.63) is 17.3 Å². The van der Waals surface area contributed by atoms with Crippen molar-refractivity contribution in [2.75, 3.05) is 19.0 Å². The molecule has 1 atom stereocenters. The molecule has 0 saturated heterocycles. The van der Waals surface area contributed by atoms with Crippen molar-refractivity contribution in [1.29, 1.82) is 0 Å². The van der Waals surface area contributed by atoms with Gasteiger partial charge in [-0.25, -0.2) is 0 Å². The predicted octanol–water partition coefficient (Wildman–Crippen LogP) is 1.54. The molecule has 0 aliphatic rings. The van der Waals surface area contributed by atoms with Gasteiger partial charge in [0.2, 0.25) is 0 Å². The fraction of sp³-hybridized carbons (Fsp3) is 0.600. The average molecular weight is 195 g/mol. The molecule has 0 spiro atoms. The Morgan fingerprint density at radius 1 is 1.43 bits per heavy atom. The monoisotopic (exact) mass is 195 g/mol. The molecule has 0 amide bonds. The van der Waals surface area contributed by atoms with Gasteiger partial charge in [-0.1, -0.05) is 0 Å². The minimum atomic E-state index is 0.247. The Bertz CT molecular complexity index is 301. The molecule has 0 aliphatic carbocycles. The number of aryl methyl sites for hydroxylation is 2. The van der Waals surface area contributed by atoms with Gasteiger partial charge in [-0.3, -0.25) is 0 Å². The predicted molar refractivity (Wildman–Crippen MR) is 56.5 cm³/mol. The Labute approximate surface area is 84.7 Å². The van der Waals surface area contributed by atoms with E-state index in [1.165, 1.54) is 0 Å². The van der Waals surface area contributed by atoms with Crippen LogP contribution in [-0.4, -0.2) is 30.0 Å². The number of hydrogen-bond acceptors (Lipinski definition) is 4. The summed E-state index contributed by atoms with van der Waals surface area (Å²) in [7, 11) is 1.68. The van der Waals surface area contributed by atoms with Gasteiger partial charge in [-0.2, -0.15) is 5.10 Å². The average Bonchev–Trinajstić information content (AvgIpc) is 2.12. The van der Waals surface area contributed by atoms with Crippen LogP contribution < -0.4 is 5.32 Å². The van der Waals surface area contributed by atoms with Gasteiger partial charge in [0, 0.05) is 13.2 Å². The molecule has 0 aliphatic heterocycles. The van der Waals surface area contributed by atoms with Crippen LogP contribution in [0.3, 0.4) is 0 Å². The maximum atomic E-state index is 5.02. The topological polar surface area (TPSA) is 47.0 Å². The lowest BCUT2D eigenvalue weighted by molar-refractivity contribution is 0.190. The quantitative estimate of drug-likeness (QED) is 0.791. The zero-order valence-corrected chi connectivity index (χ0v) is 9.16. The summed E-state index contributed by atoms with van der Waals surface area (Å²) in [5.41, 5.74) is 2.11. The lowest BCUT2D eigenvalue weighted by atomic mass is 10.2. The number of ether oxygens (including phenoxy) is 1. The Morgan fingerprint density at radius 2 is 2.14 bits per heavy atom. The van der Waals surface area contributed by atoms with E-state index in [1.54, 1.807) is 7.11 Å². The van der Waals surface area contributed by atoms with Crippen molar-refractivity contribution in [3.8, 4) is 0 Å². The SMILES string of the molecule is COC[C@@H](C)Nc1cc(C)c(C)nn1. The third-order valence-electron chi connectivity index (χ3n) is 2.04. The summed E-state index contributed by atoms with van der Waals surface area (Å²) in [6.07, 6.45) is 0. The number of rotatable bonds is 4. The molecule has 1 N–H and O–H groups in total. The minimum Gasteiger partial charge on any atom is -0.383 e. The van der Waals surface area contributed by atoms with Crippen LogP contribution in [0.25, 0.3) is 0 Å². The van der Waals surface area contributed by atoms with E-state index >= 15 is 0 Å². The summed E-state index contributed by atoms with van der Waals surface area (Å²) < 4.78 is 5.02. The highest BCUT2D eigenvalue weighted by molar-refractivity contribution is 5.38. The fourth-order valence-corrected chi connectivity index (χ4v) is 1.16. The highest BCUT2D eigenvalue weighted by Crippen LogP contribution is 2.08. The van der Waals surface area contributed by atoms with E-state index < -0.39 is 0 Å². The molecule has 14 heavy (non-hydrogen) atoms. The van der Waals surface area contributed by atoms with Crippen LogP contribution in [0.5, 0.6) is 0 Å². The lowest BCUT2D eigenvalue weighted by Gasteiger charge is -2.13. The zero-order chi connectivity index (χ0) is 10.6. The number of hydrogen-bond donors (Lipinski definition) is 1. The fourth-order valence-electron chi connectivity index (χ4n) is 1.16. The molecular weight excluding hydrogens is 178 g/mol. The van der Waals surface area contributed by atoms with Crippen molar-refractivity contribution < 1.29 is 4.74 Å². The molecule has 1 aromatic heterocycles. The molecule has 0 radical (unpaired) electrons. The molecule has 1 rings (SSSR count). The van der Waals surface area contributed by atoms with Gasteiger partial charge in [0.15, 0.2) is 0 Å². The molecule has 78 valence electrons. The molecule has 0 bridgehead atoms. The van der Waals surface area contributed by atoms with E-state index in [0.717, 1.165) is 17.1 Å². The molecule has 1 aromatic rings. The van der Waals surface area contributed by atoms with Gasteiger partial charge in [0.05, 0.1) is 12.3 Å². The summed E-state index contributed by atoms with van der Waals surface area (Å²) in [6.45, 7) is 6.68. The van der Waals surface area contributed by atoms with Crippen molar-refractivity contribution in [2.24, 2.45) is 0 Å². The Morgan fingerprint density at radius 3 is 2.71 bits per heavy atom. The number of methoxy groups -OCH3 is 1. The normalized spacial score (nSPS) is 12.6. The standard InChI is InChI=1S/C10H17N3O/c1-7-5-10(13-12-9(7)3)11-8(2)6-14-4/h5,8H,6H2,1-4H3,(H,11,13)/t8-/m1/s1. The van der Waals surface area contributed by atoms with Gasteiger partial charge in [0.25, 0.3) is 0 Å². The minimum absolute atomic E-state index is 0.247. The highest BCUT2D eigenvalue weighted by atomic mass is 16.5. The van der Waals surface area contributed by atoms with E-state index in [2.05, 4.69) is 15.5 Å². The van der Waals surface area contributed by atoms with E-state index in [0.29, 0.717) is 6.61 Å². The maximum Gasteiger partial charge on any atom is 0.149 e. The van der Waals surface area contributed by atoms with Gasteiger partial charge >= 0.3 is 0 Å². The van der Waals surface area contributed by atoms with Crippen LogP contribution >= 0.6 is 0 Å². The molecular formula is C10H17N3O. The molecule has 0 fully saturated rings. The Hall–Kier alpha value is -1.16. The summed E-state index contributed by atoms with van der Waals surface area (Å²) in [6, 6.07) is 2.24. The molecule has 4 heteroatoms. The van der Waals surface area contributed by atoms with E-state index in [4.69, 9.17) is 4.74 Å². The zero-order valence-electron chi connectivity index (χ0n) is 9.16. The first-order chi connectivity index (χ1) is 6.63. The third kappa shape index (κ3) is 2.96.